The molecule has 0 aromatic heterocycles. The van der Waals surface area contributed by atoms with Gasteiger partial charge in [-0.25, -0.2) is 8.42 Å². The normalized spacial score (nSPS) is 15.6. The minimum atomic E-state index is -3.70. The van der Waals surface area contributed by atoms with Crippen LogP contribution in [0.15, 0.2) is 41.3 Å². The van der Waals surface area contributed by atoms with Crippen LogP contribution in [-0.4, -0.2) is 72.2 Å². The lowest BCUT2D eigenvalue weighted by atomic mass is 10.1. The van der Waals surface area contributed by atoms with Gasteiger partial charge in [0.25, 0.3) is 0 Å². The van der Waals surface area contributed by atoms with Gasteiger partial charge < -0.3 is 18.9 Å². The summed E-state index contributed by atoms with van der Waals surface area (Å²) >= 11 is 0. The molecule has 3 rings (SSSR count). The maximum Gasteiger partial charge on any atom is 0.246 e. The van der Waals surface area contributed by atoms with Crippen molar-refractivity contribution in [3.8, 4) is 23.0 Å². The number of methoxy groups -OCH3 is 4. The van der Waals surface area contributed by atoms with Crippen LogP contribution in [0.5, 0.6) is 23.0 Å². The highest BCUT2D eigenvalue weighted by Crippen LogP contribution is 2.31. The zero-order valence-electron chi connectivity index (χ0n) is 17.8. The Labute approximate surface area is 178 Å². The Morgan fingerprint density at radius 1 is 0.767 bits per heavy atom. The summed E-state index contributed by atoms with van der Waals surface area (Å²) in [7, 11) is 2.53. The molecule has 0 unspecified atom stereocenters. The van der Waals surface area contributed by atoms with Crippen molar-refractivity contribution in [3.63, 3.8) is 0 Å². The molecule has 0 atom stereocenters. The maximum atomic E-state index is 13.2. The Bertz CT molecular complexity index is 971. The summed E-state index contributed by atoms with van der Waals surface area (Å²) in [5, 5.41) is 0. The first kappa shape index (κ1) is 22.2. The monoisotopic (exact) mass is 436 g/mol. The van der Waals surface area contributed by atoms with E-state index in [2.05, 4.69) is 4.90 Å². The lowest BCUT2D eigenvalue weighted by Crippen LogP contribution is -2.48. The van der Waals surface area contributed by atoms with Gasteiger partial charge in [-0.2, -0.15) is 4.31 Å². The molecule has 0 N–H and O–H groups in total. The molecule has 0 radical (unpaired) electrons. The number of hydrogen-bond acceptors (Lipinski definition) is 7. The van der Waals surface area contributed by atoms with E-state index in [9.17, 15) is 8.42 Å². The molecule has 8 nitrogen and oxygen atoms in total. The minimum absolute atomic E-state index is 0.118. The van der Waals surface area contributed by atoms with Crippen molar-refractivity contribution in [2.45, 2.75) is 11.4 Å². The second kappa shape index (κ2) is 9.55. The fourth-order valence-corrected chi connectivity index (χ4v) is 5.09. The van der Waals surface area contributed by atoms with Crippen molar-refractivity contribution >= 4 is 10.0 Å². The molecule has 0 saturated carbocycles. The zero-order chi connectivity index (χ0) is 21.7. The quantitative estimate of drug-likeness (QED) is 0.628. The zero-order valence-corrected chi connectivity index (χ0v) is 18.6. The Morgan fingerprint density at radius 2 is 1.33 bits per heavy atom. The molecule has 2 aromatic rings. The molecule has 1 aliphatic rings. The van der Waals surface area contributed by atoms with Crippen molar-refractivity contribution in [1.29, 1.82) is 0 Å². The first-order valence-corrected chi connectivity index (χ1v) is 11.0. The summed E-state index contributed by atoms with van der Waals surface area (Å²) in [4.78, 5) is 2.32. The van der Waals surface area contributed by atoms with E-state index in [0.29, 0.717) is 44.2 Å². The first-order chi connectivity index (χ1) is 14.4. The topological polar surface area (TPSA) is 77.5 Å². The Morgan fingerprint density at radius 3 is 1.90 bits per heavy atom. The van der Waals surface area contributed by atoms with Crippen molar-refractivity contribution < 1.29 is 27.4 Å². The summed E-state index contributed by atoms with van der Waals surface area (Å²) in [6, 6.07) is 10.5. The summed E-state index contributed by atoms with van der Waals surface area (Å²) in [5.74, 6) is 2.32. The maximum absolute atomic E-state index is 13.2. The van der Waals surface area contributed by atoms with E-state index in [1.165, 1.54) is 24.6 Å². The molecule has 0 aliphatic carbocycles. The second-order valence-corrected chi connectivity index (χ2v) is 8.78. The molecule has 1 fully saturated rings. The van der Waals surface area contributed by atoms with Gasteiger partial charge in [0.15, 0.2) is 0 Å². The van der Waals surface area contributed by atoms with Crippen LogP contribution in [-0.2, 0) is 16.6 Å². The minimum Gasteiger partial charge on any atom is -0.497 e. The highest BCUT2D eigenvalue weighted by atomic mass is 32.2. The Hall–Kier alpha value is -2.49. The van der Waals surface area contributed by atoms with Gasteiger partial charge in [-0.3, -0.25) is 4.90 Å². The third kappa shape index (κ3) is 4.63. The average Bonchev–Trinajstić information content (AvgIpc) is 2.78. The SMILES string of the molecule is COc1ccc(OC)c(CN2CCN(S(=O)(=O)c3cc(OC)ccc3OC)CC2)c1. The largest absolute Gasteiger partial charge is 0.497 e. The highest BCUT2D eigenvalue weighted by Gasteiger charge is 2.31. The lowest BCUT2D eigenvalue weighted by molar-refractivity contribution is 0.179. The van der Waals surface area contributed by atoms with Crippen LogP contribution < -0.4 is 18.9 Å². The lowest BCUT2D eigenvalue weighted by Gasteiger charge is -2.34. The first-order valence-electron chi connectivity index (χ1n) is 9.58. The van der Waals surface area contributed by atoms with Crippen LogP contribution in [0.25, 0.3) is 0 Å². The number of ether oxygens (including phenoxy) is 4. The summed E-state index contributed by atoms with van der Waals surface area (Å²) < 4.78 is 49.2. The number of hydrogen-bond donors (Lipinski definition) is 0. The van der Waals surface area contributed by atoms with Gasteiger partial charge in [0, 0.05) is 44.4 Å². The molecule has 30 heavy (non-hydrogen) atoms. The van der Waals surface area contributed by atoms with Crippen molar-refractivity contribution in [1.82, 2.24) is 9.21 Å². The second-order valence-electron chi connectivity index (χ2n) is 6.87. The van der Waals surface area contributed by atoms with Crippen molar-refractivity contribution in [3.05, 3.63) is 42.0 Å². The van der Waals surface area contributed by atoms with Gasteiger partial charge in [0.1, 0.15) is 27.9 Å². The standard InChI is InChI=1S/C21H28N2O6S/c1-26-17-5-7-19(28-3)16(13-17)15-22-9-11-23(12-10-22)30(24,25)21-14-18(27-2)6-8-20(21)29-4/h5-8,13-14H,9-12,15H2,1-4H3. The number of sulfonamides is 1. The number of rotatable bonds is 8. The molecule has 1 aliphatic heterocycles. The van der Waals surface area contributed by atoms with Gasteiger partial charge in [-0.05, 0) is 30.3 Å². The van der Waals surface area contributed by atoms with Crippen LogP contribution in [0.2, 0.25) is 0 Å². The molecule has 0 amide bonds. The molecule has 0 spiro atoms. The Kier molecular flexibility index (Phi) is 7.06. The molecule has 1 heterocycles. The van der Waals surface area contributed by atoms with E-state index in [1.807, 2.05) is 18.2 Å². The smallest absolute Gasteiger partial charge is 0.246 e. The predicted molar refractivity (Wildman–Crippen MR) is 113 cm³/mol. The molecule has 164 valence electrons. The third-order valence-electron chi connectivity index (χ3n) is 5.20. The highest BCUT2D eigenvalue weighted by molar-refractivity contribution is 7.89. The molecular weight excluding hydrogens is 408 g/mol. The van der Waals surface area contributed by atoms with Crippen LogP contribution in [0.3, 0.4) is 0 Å². The van der Waals surface area contributed by atoms with Crippen molar-refractivity contribution in [2.24, 2.45) is 0 Å². The number of nitrogens with zero attached hydrogens (tertiary/aromatic N) is 2. The van der Waals surface area contributed by atoms with Gasteiger partial charge >= 0.3 is 0 Å². The summed E-state index contributed by atoms with van der Waals surface area (Å²) in [6.45, 7) is 2.62. The van der Waals surface area contributed by atoms with Gasteiger partial charge in [-0.15, -0.1) is 0 Å². The molecular formula is C21H28N2O6S. The fraction of sp³-hybridized carbons (Fsp3) is 0.429. The molecule has 0 bridgehead atoms. The van der Waals surface area contributed by atoms with E-state index < -0.39 is 10.0 Å². The van der Waals surface area contributed by atoms with Crippen LogP contribution >= 0.6 is 0 Å². The van der Waals surface area contributed by atoms with Gasteiger partial charge in [-0.1, -0.05) is 0 Å². The summed E-state index contributed by atoms with van der Waals surface area (Å²) in [5.41, 5.74) is 1.00. The van der Waals surface area contributed by atoms with E-state index in [4.69, 9.17) is 18.9 Å². The molecule has 9 heteroatoms. The fourth-order valence-electron chi connectivity index (χ4n) is 3.50. The third-order valence-corrected chi connectivity index (χ3v) is 7.12. The van der Waals surface area contributed by atoms with Crippen LogP contribution in [0.1, 0.15) is 5.56 Å². The average molecular weight is 437 g/mol. The van der Waals surface area contributed by atoms with Crippen molar-refractivity contribution in [2.75, 3.05) is 54.6 Å². The van der Waals surface area contributed by atoms with Crippen LogP contribution in [0, 0.1) is 0 Å². The van der Waals surface area contributed by atoms with E-state index >= 15 is 0 Å². The predicted octanol–water partition coefficient (Wildman–Crippen LogP) is 2.23. The number of piperazine rings is 1. The number of benzene rings is 2. The van der Waals surface area contributed by atoms with E-state index in [0.717, 1.165) is 17.1 Å². The Balaban J connectivity index is 1.73. The molecule has 2 aromatic carbocycles. The molecule has 1 saturated heterocycles. The van der Waals surface area contributed by atoms with Crippen LogP contribution in [0.4, 0.5) is 0 Å². The summed E-state index contributed by atoms with van der Waals surface area (Å²) in [6.07, 6.45) is 0. The van der Waals surface area contributed by atoms with E-state index in [1.54, 1.807) is 26.4 Å². The van der Waals surface area contributed by atoms with E-state index in [-0.39, 0.29) is 4.90 Å². The van der Waals surface area contributed by atoms with Gasteiger partial charge in [0.2, 0.25) is 10.0 Å². The van der Waals surface area contributed by atoms with Gasteiger partial charge in [0.05, 0.1) is 28.4 Å².